The lowest BCUT2D eigenvalue weighted by Crippen LogP contribution is -2.34. The van der Waals surface area contributed by atoms with E-state index in [1.165, 1.54) is 3.97 Å². The summed E-state index contributed by atoms with van der Waals surface area (Å²) in [5.41, 5.74) is 8.34. The zero-order chi connectivity index (χ0) is 26.3. The van der Waals surface area contributed by atoms with Crippen molar-refractivity contribution in [1.29, 1.82) is 0 Å². The van der Waals surface area contributed by atoms with Crippen molar-refractivity contribution in [2.24, 2.45) is 5.73 Å². The second kappa shape index (κ2) is 9.75. The highest BCUT2D eigenvalue weighted by atomic mass is 32.2. The Bertz CT molecular complexity index is 1600. The molecule has 2 saturated carbocycles. The van der Waals surface area contributed by atoms with Crippen molar-refractivity contribution in [3.8, 4) is 11.3 Å². The summed E-state index contributed by atoms with van der Waals surface area (Å²) in [6.45, 7) is 0. The number of primary amides is 1. The van der Waals surface area contributed by atoms with Crippen molar-refractivity contribution in [3.63, 3.8) is 0 Å². The van der Waals surface area contributed by atoms with Crippen LogP contribution in [0, 0.1) is 0 Å². The zero-order valence-electron chi connectivity index (χ0n) is 20.8. The van der Waals surface area contributed by atoms with E-state index in [-0.39, 0.29) is 17.0 Å². The lowest BCUT2D eigenvalue weighted by atomic mass is 9.93. The quantitative estimate of drug-likeness (QED) is 0.342. The molecule has 10 heteroatoms. The Kier molecular flexibility index (Phi) is 6.27. The Balaban J connectivity index is 1.41. The van der Waals surface area contributed by atoms with Crippen molar-refractivity contribution in [1.82, 2.24) is 13.9 Å². The molecular formula is C28H29N5O4S. The number of anilines is 1. The Labute approximate surface area is 221 Å². The molecule has 9 nitrogen and oxygen atoms in total. The number of hydrogen-bond acceptors (Lipinski definition) is 7. The van der Waals surface area contributed by atoms with Crippen LogP contribution in [0.4, 0.5) is 10.7 Å². The number of benzene rings is 2. The molecule has 2 fully saturated rings. The van der Waals surface area contributed by atoms with Gasteiger partial charge >= 0.3 is 6.09 Å². The number of rotatable bonds is 7. The minimum Gasteiger partial charge on any atom is -0.446 e. The summed E-state index contributed by atoms with van der Waals surface area (Å²) in [6.07, 6.45) is 7.86. The maximum Gasteiger partial charge on any atom is 0.404 e. The van der Waals surface area contributed by atoms with E-state index in [9.17, 15) is 13.2 Å². The summed E-state index contributed by atoms with van der Waals surface area (Å²) in [4.78, 5) is 21.0. The van der Waals surface area contributed by atoms with E-state index in [1.54, 1.807) is 36.5 Å². The number of hydrogen-bond donors (Lipinski definition) is 2. The Morgan fingerprint density at radius 3 is 2.55 bits per heavy atom. The SMILES string of the molecule is NC(=O)OC1CCCC(Nc2ncc(C3CC3)c(-c3cn(S(=O)(=O)c4ccccc4)c4ccccc34)n2)C1. The Morgan fingerprint density at radius 1 is 1.03 bits per heavy atom. The second-order valence-corrected chi connectivity index (χ2v) is 11.8. The number of nitrogens with two attached hydrogens (primary N) is 1. The third-order valence-electron chi connectivity index (χ3n) is 7.31. The highest BCUT2D eigenvalue weighted by Crippen LogP contribution is 2.45. The number of nitrogens with zero attached hydrogens (tertiary/aromatic N) is 3. The van der Waals surface area contributed by atoms with Gasteiger partial charge in [-0.1, -0.05) is 36.4 Å². The number of carbonyl (C=O) groups excluding carboxylic acids is 1. The first-order valence-electron chi connectivity index (χ1n) is 12.9. The number of amides is 1. The lowest BCUT2D eigenvalue weighted by Gasteiger charge is -2.29. The van der Waals surface area contributed by atoms with Gasteiger partial charge in [-0.3, -0.25) is 0 Å². The fourth-order valence-electron chi connectivity index (χ4n) is 5.34. The van der Waals surface area contributed by atoms with Gasteiger partial charge in [-0.25, -0.2) is 27.2 Å². The number of aromatic nitrogens is 3. The predicted molar refractivity (Wildman–Crippen MR) is 144 cm³/mol. The molecule has 2 atom stereocenters. The molecule has 6 rings (SSSR count). The van der Waals surface area contributed by atoms with Gasteiger partial charge in [0.25, 0.3) is 10.0 Å². The first-order valence-corrected chi connectivity index (χ1v) is 14.3. The van der Waals surface area contributed by atoms with Crippen molar-refractivity contribution in [3.05, 3.63) is 72.6 Å². The van der Waals surface area contributed by atoms with Gasteiger partial charge in [0, 0.05) is 41.4 Å². The van der Waals surface area contributed by atoms with Gasteiger partial charge in [-0.15, -0.1) is 0 Å². The minimum atomic E-state index is -3.81. The molecule has 38 heavy (non-hydrogen) atoms. The van der Waals surface area contributed by atoms with E-state index < -0.39 is 16.1 Å². The molecule has 2 heterocycles. The number of ether oxygens (including phenoxy) is 1. The van der Waals surface area contributed by atoms with Gasteiger partial charge in [-0.2, -0.15) is 0 Å². The van der Waals surface area contributed by atoms with E-state index in [1.807, 2.05) is 30.5 Å². The average molecular weight is 532 g/mol. The van der Waals surface area contributed by atoms with Gasteiger partial charge in [-0.05, 0) is 56.2 Å². The van der Waals surface area contributed by atoms with Crippen LogP contribution in [0.2, 0.25) is 0 Å². The molecule has 0 bridgehead atoms. The fraction of sp³-hybridized carbons (Fsp3) is 0.321. The predicted octanol–water partition coefficient (Wildman–Crippen LogP) is 5.03. The molecule has 2 aromatic heterocycles. The molecule has 4 aromatic rings. The molecule has 196 valence electrons. The van der Waals surface area contributed by atoms with Gasteiger partial charge in [0.1, 0.15) is 6.10 Å². The van der Waals surface area contributed by atoms with Crippen molar-refractivity contribution in [2.45, 2.75) is 61.5 Å². The van der Waals surface area contributed by atoms with E-state index in [4.69, 9.17) is 15.5 Å². The van der Waals surface area contributed by atoms with Crippen LogP contribution in [0.15, 0.2) is 71.9 Å². The van der Waals surface area contributed by atoms with E-state index in [0.717, 1.165) is 54.3 Å². The average Bonchev–Trinajstić information content (AvgIpc) is 3.68. The van der Waals surface area contributed by atoms with Crippen LogP contribution in [0.1, 0.15) is 50.0 Å². The molecule has 0 saturated heterocycles. The van der Waals surface area contributed by atoms with Gasteiger partial charge in [0.15, 0.2) is 0 Å². The summed E-state index contributed by atoms with van der Waals surface area (Å²) in [6, 6.07) is 16.0. The minimum absolute atomic E-state index is 0.0347. The van der Waals surface area contributed by atoms with E-state index in [2.05, 4.69) is 10.3 Å². The Hall–Kier alpha value is -3.92. The number of carbonyl (C=O) groups is 1. The monoisotopic (exact) mass is 531 g/mol. The van der Waals surface area contributed by atoms with Crippen LogP contribution >= 0.6 is 0 Å². The van der Waals surface area contributed by atoms with Crippen molar-refractivity contribution in [2.75, 3.05) is 5.32 Å². The van der Waals surface area contributed by atoms with Crippen LogP contribution in [0.3, 0.4) is 0 Å². The van der Waals surface area contributed by atoms with Crippen LogP contribution in [0.25, 0.3) is 22.2 Å². The van der Waals surface area contributed by atoms with E-state index in [0.29, 0.717) is 23.8 Å². The van der Waals surface area contributed by atoms with Crippen LogP contribution in [-0.4, -0.2) is 40.6 Å². The number of para-hydroxylation sites is 1. The fourth-order valence-corrected chi connectivity index (χ4v) is 6.73. The van der Waals surface area contributed by atoms with Crippen molar-refractivity contribution >= 4 is 33.0 Å². The third-order valence-corrected chi connectivity index (χ3v) is 9.00. The van der Waals surface area contributed by atoms with Crippen LogP contribution < -0.4 is 11.1 Å². The smallest absolute Gasteiger partial charge is 0.404 e. The zero-order valence-corrected chi connectivity index (χ0v) is 21.6. The topological polar surface area (TPSA) is 129 Å². The molecule has 0 spiro atoms. The molecule has 2 aliphatic rings. The molecule has 2 unspecified atom stereocenters. The third kappa shape index (κ3) is 4.71. The maximum atomic E-state index is 13.6. The number of nitrogens with one attached hydrogen (secondary N) is 1. The number of fused-ring (bicyclic) bond motifs is 1. The first kappa shape index (κ1) is 24.4. The molecule has 0 radical (unpaired) electrons. The molecule has 3 N–H and O–H groups in total. The summed E-state index contributed by atoms with van der Waals surface area (Å²) < 4.78 is 33.8. The van der Waals surface area contributed by atoms with Gasteiger partial charge in [0.2, 0.25) is 5.95 Å². The van der Waals surface area contributed by atoms with Crippen LogP contribution in [-0.2, 0) is 14.8 Å². The summed E-state index contributed by atoms with van der Waals surface area (Å²) in [5, 5.41) is 4.22. The molecular weight excluding hydrogens is 502 g/mol. The van der Waals surface area contributed by atoms with E-state index >= 15 is 0 Å². The summed E-state index contributed by atoms with van der Waals surface area (Å²) >= 11 is 0. The molecule has 2 aliphatic carbocycles. The first-order chi connectivity index (χ1) is 18.4. The largest absolute Gasteiger partial charge is 0.446 e. The van der Waals surface area contributed by atoms with Crippen LogP contribution in [0.5, 0.6) is 0 Å². The lowest BCUT2D eigenvalue weighted by molar-refractivity contribution is 0.0796. The van der Waals surface area contributed by atoms with Crippen molar-refractivity contribution < 1.29 is 17.9 Å². The highest BCUT2D eigenvalue weighted by molar-refractivity contribution is 7.90. The molecule has 1 amide bonds. The molecule has 0 aliphatic heterocycles. The summed E-state index contributed by atoms with van der Waals surface area (Å²) in [7, 11) is -3.81. The summed E-state index contributed by atoms with van der Waals surface area (Å²) in [5.74, 6) is 0.826. The van der Waals surface area contributed by atoms with Gasteiger partial charge < -0.3 is 15.8 Å². The molecule has 2 aromatic carbocycles. The maximum absolute atomic E-state index is 13.6. The standard InChI is InChI=1S/C28H29N5O4S/c29-27(34)37-20-8-6-7-19(15-20)31-28-30-16-23(18-13-14-18)26(32-28)24-17-33(25-12-5-4-11-22(24)25)38(35,36)21-9-2-1-3-10-21/h1-5,9-12,16-20H,6-8,13-15H2,(H2,29,34)(H,30,31,32). The van der Waals surface area contributed by atoms with Gasteiger partial charge in [0.05, 0.1) is 16.1 Å². The normalized spacial score (nSPS) is 19.8. The highest BCUT2D eigenvalue weighted by Gasteiger charge is 2.31. The Morgan fingerprint density at radius 2 is 1.79 bits per heavy atom. The second-order valence-electron chi connectivity index (χ2n) is 10.0.